The minimum absolute atomic E-state index is 0.304. The second kappa shape index (κ2) is 6.87. The Labute approximate surface area is 116 Å². The highest BCUT2D eigenvalue weighted by Crippen LogP contribution is 2.23. The topological polar surface area (TPSA) is 37.4 Å². The quantitative estimate of drug-likeness (QED) is 0.826. The van der Waals surface area contributed by atoms with Crippen LogP contribution in [0.15, 0.2) is 12.3 Å². The Hall–Kier alpha value is -1.13. The van der Waals surface area contributed by atoms with Gasteiger partial charge in [-0.25, -0.2) is 0 Å². The second-order valence-corrected chi connectivity index (χ2v) is 5.26. The van der Waals surface area contributed by atoms with Crippen molar-refractivity contribution in [3.05, 3.63) is 23.5 Å². The third kappa shape index (κ3) is 3.91. The van der Waals surface area contributed by atoms with Crippen LogP contribution in [0, 0.1) is 6.92 Å². The summed E-state index contributed by atoms with van der Waals surface area (Å²) in [5.74, 6) is 0. The molecule has 106 valence electrons. The van der Waals surface area contributed by atoms with Gasteiger partial charge in [0, 0.05) is 42.8 Å². The Morgan fingerprint density at radius 3 is 3.11 bits per heavy atom. The lowest BCUT2D eigenvalue weighted by atomic mass is 10.1. The molecule has 19 heavy (non-hydrogen) atoms. The molecule has 0 bridgehead atoms. The van der Waals surface area contributed by atoms with Crippen LogP contribution in [0.25, 0.3) is 0 Å². The van der Waals surface area contributed by atoms with E-state index in [4.69, 9.17) is 4.74 Å². The largest absolute Gasteiger partial charge is 0.375 e. The maximum Gasteiger partial charge on any atom is 0.0722 e. The Balaban J connectivity index is 2.13. The number of aryl methyl sites for hydroxylation is 1. The molecule has 0 amide bonds. The van der Waals surface area contributed by atoms with E-state index >= 15 is 0 Å². The van der Waals surface area contributed by atoms with Crippen LogP contribution in [0.1, 0.15) is 31.5 Å². The summed E-state index contributed by atoms with van der Waals surface area (Å²) in [5.41, 5.74) is 3.67. The Bertz CT molecular complexity index is 408. The maximum atomic E-state index is 5.63. The molecule has 1 fully saturated rings. The van der Waals surface area contributed by atoms with E-state index in [1.807, 2.05) is 6.20 Å². The number of morpholine rings is 1. The highest BCUT2D eigenvalue weighted by molar-refractivity contribution is 5.54. The van der Waals surface area contributed by atoms with E-state index in [2.05, 4.69) is 42.0 Å². The highest BCUT2D eigenvalue weighted by atomic mass is 16.5. The third-order valence-electron chi connectivity index (χ3n) is 3.42. The van der Waals surface area contributed by atoms with Crippen LogP contribution >= 0.6 is 0 Å². The number of hydrogen-bond acceptors (Lipinski definition) is 4. The fourth-order valence-corrected chi connectivity index (χ4v) is 2.44. The molecule has 4 nitrogen and oxygen atoms in total. The predicted molar refractivity (Wildman–Crippen MR) is 78.6 cm³/mol. The van der Waals surface area contributed by atoms with E-state index in [1.165, 1.54) is 11.3 Å². The summed E-state index contributed by atoms with van der Waals surface area (Å²) in [6, 6.07) is 2.20. The smallest absolute Gasteiger partial charge is 0.0722 e. The van der Waals surface area contributed by atoms with E-state index < -0.39 is 0 Å². The molecule has 1 saturated heterocycles. The lowest BCUT2D eigenvalue weighted by Gasteiger charge is -2.34. The fraction of sp³-hybridized carbons (Fsp3) is 0.667. The molecule has 1 atom stereocenters. The van der Waals surface area contributed by atoms with Crippen molar-refractivity contribution >= 4 is 5.69 Å². The van der Waals surface area contributed by atoms with Crippen LogP contribution in [-0.4, -0.2) is 37.3 Å². The number of rotatable bonds is 5. The van der Waals surface area contributed by atoms with Crippen molar-refractivity contribution in [2.75, 3.05) is 31.1 Å². The van der Waals surface area contributed by atoms with Gasteiger partial charge in [0.25, 0.3) is 0 Å². The summed E-state index contributed by atoms with van der Waals surface area (Å²) in [7, 11) is 0. The van der Waals surface area contributed by atoms with Crippen molar-refractivity contribution in [2.45, 2.75) is 39.8 Å². The SMILES string of the molecule is CCCNCc1cnc(C)cc1N1CCOC(C)C1. The number of ether oxygens (including phenoxy) is 1. The first-order valence-electron chi connectivity index (χ1n) is 7.23. The number of aromatic nitrogens is 1. The molecule has 1 aromatic heterocycles. The molecule has 1 unspecified atom stereocenters. The lowest BCUT2D eigenvalue weighted by Crippen LogP contribution is -2.41. The molecule has 1 aliphatic heterocycles. The molecular weight excluding hydrogens is 238 g/mol. The summed E-state index contributed by atoms with van der Waals surface area (Å²) in [6.45, 7) is 11.1. The van der Waals surface area contributed by atoms with Crippen molar-refractivity contribution in [1.29, 1.82) is 0 Å². The van der Waals surface area contributed by atoms with Gasteiger partial charge >= 0.3 is 0 Å². The van der Waals surface area contributed by atoms with Crippen molar-refractivity contribution in [2.24, 2.45) is 0 Å². The minimum Gasteiger partial charge on any atom is -0.375 e. The summed E-state index contributed by atoms with van der Waals surface area (Å²) in [4.78, 5) is 6.86. The molecule has 0 radical (unpaired) electrons. The average molecular weight is 263 g/mol. The zero-order valence-corrected chi connectivity index (χ0v) is 12.3. The molecule has 0 aromatic carbocycles. The molecule has 2 heterocycles. The monoisotopic (exact) mass is 263 g/mol. The molecule has 1 N–H and O–H groups in total. The van der Waals surface area contributed by atoms with E-state index in [-0.39, 0.29) is 0 Å². The normalized spacial score (nSPS) is 19.7. The maximum absolute atomic E-state index is 5.63. The Morgan fingerprint density at radius 1 is 1.53 bits per heavy atom. The number of pyridine rings is 1. The molecule has 2 rings (SSSR count). The molecule has 0 spiro atoms. The van der Waals surface area contributed by atoms with Gasteiger partial charge in [0.15, 0.2) is 0 Å². The van der Waals surface area contributed by atoms with Crippen molar-refractivity contribution in [1.82, 2.24) is 10.3 Å². The van der Waals surface area contributed by atoms with E-state index in [1.54, 1.807) is 0 Å². The van der Waals surface area contributed by atoms with Gasteiger partial charge < -0.3 is 15.0 Å². The van der Waals surface area contributed by atoms with Crippen LogP contribution in [0.4, 0.5) is 5.69 Å². The van der Waals surface area contributed by atoms with Gasteiger partial charge in [-0.2, -0.15) is 0 Å². The van der Waals surface area contributed by atoms with Crippen LogP contribution in [0.3, 0.4) is 0 Å². The highest BCUT2D eigenvalue weighted by Gasteiger charge is 2.19. The van der Waals surface area contributed by atoms with Gasteiger partial charge in [-0.15, -0.1) is 0 Å². The number of nitrogens with zero attached hydrogens (tertiary/aromatic N) is 2. The van der Waals surface area contributed by atoms with Crippen LogP contribution in [0.2, 0.25) is 0 Å². The van der Waals surface area contributed by atoms with Crippen molar-refractivity contribution in [3.8, 4) is 0 Å². The minimum atomic E-state index is 0.304. The molecule has 1 aromatic rings. The summed E-state index contributed by atoms with van der Waals surface area (Å²) >= 11 is 0. The average Bonchev–Trinajstić information content (AvgIpc) is 2.40. The second-order valence-electron chi connectivity index (χ2n) is 5.26. The first kappa shape index (κ1) is 14.3. The van der Waals surface area contributed by atoms with Crippen molar-refractivity contribution < 1.29 is 4.74 Å². The summed E-state index contributed by atoms with van der Waals surface area (Å²) < 4.78 is 5.63. The first-order valence-corrected chi connectivity index (χ1v) is 7.23. The molecular formula is C15H25N3O. The fourth-order valence-electron chi connectivity index (χ4n) is 2.44. The standard InChI is InChI=1S/C15H25N3O/c1-4-5-16-9-14-10-17-12(2)8-15(14)18-6-7-19-13(3)11-18/h8,10,13,16H,4-7,9,11H2,1-3H3. The van der Waals surface area contributed by atoms with Crippen LogP contribution < -0.4 is 10.2 Å². The first-order chi connectivity index (χ1) is 9.20. The van der Waals surface area contributed by atoms with Crippen LogP contribution in [-0.2, 0) is 11.3 Å². The number of nitrogens with one attached hydrogen (secondary N) is 1. The number of anilines is 1. The van der Waals surface area contributed by atoms with Crippen LogP contribution in [0.5, 0.6) is 0 Å². The number of hydrogen-bond donors (Lipinski definition) is 1. The zero-order chi connectivity index (χ0) is 13.7. The molecule has 0 saturated carbocycles. The molecule has 0 aliphatic carbocycles. The molecule has 1 aliphatic rings. The van der Waals surface area contributed by atoms with Gasteiger partial charge in [-0.3, -0.25) is 4.98 Å². The lowest BCUT2D eigenvalue weighted by molar-refractivity contribution is 0.0531. The zero-order valence-electron chi connectivity index (χ0n) is 12.3. The van der Waals surface area contributed by atoms with Gasteiger partial charge in [0.1, 0.15) is 0 Å². The molecule has 4 heteroatoms. The van der Waals surface area contributed by atoms with Gasteiger partial charge in [-0.1, -0.05) is 6.92 Å². The van der Waals surface area contributed by atoms with Crippen molar-refractivity contribution in [3.63, 3.8) is 0 Å². The summed E-state index contributed by atoms with van der Waals surface area (Å²) in [6.07, 6.45) is 3.47. The van der Waals surface area contributed by atoms with E-state index in [9.17, 15) is 0 Å². The summed E-state index contributed by atoms with van der Waals surface area (Å²) in [5, 5.41) is 3.46. The Kier molecular flexibility index (Phi) is 5.16. The van der Waals surface area contributed by atoms with E-state index in [0.29, 0.717) is 6.10 Å². The van der Waals surface area contributed by atoms with Gasteiger partial charge in [0.2, 0.25) is 0 Å². The van der Waals surface area contributed by atoms with E-state index in [0.717, 1.165) is 44.9 Å². The van der Waals surface area contributed by atoms with Gasteiger partial charge in [-0.05, 0) is 32.9 Å². The predicted octanol–water partition coefficient (Wildman–Crippen LogP) is 2.11. The third-order valence-corrected chi connectivity index (χ3v) is 3.42. The van der Waals surface area contributed by atoms with Gasteiger partial charge in [0.05, 0.1) is 12.7 Å². The Morgan fingerprint density at radius 2 is 2.37 bits per heavy atom.